The van der Waals surface area contributed by atoms with Crippen molar-refractivity contribution >= 4 is 43.5 Å². The number of fused-ring (bicyclic) bond motifs is 1. The van der Waals surface area contributed by atoms with Gasteiger partial charge in [0.25, 0.3) is 5.91 Å². The van der Waals surface area contributed by atoms with E-state index in [9.17, 15) is 18.0 Å². The van der Waals surface area contributed by atoms with Gasteiger partial charge >= 0.3 is 0 Å². The normalized spacial score (nSPS) is 19.4. The van der Waals surface area contributed by atoms with Gasteiger partial charge in [0.2, 0.25) is 15.9 Å². The standard InChI is InChI=1S/C21H22BrN3O5S/c1-14-21(27)23-18-13-16(6-7-19(18)30-14)31(28,29)25-10-8-24(9-11-25)20(26)12-15-4-2-3-5-17(15)22/h2-7,13-14H,8-12H2,1H3,(H,23,27). The van der Waals surface area contributed by atoms with Crippen LogP contribution < -0.4 is 10.1 Å². The maximum atomic E-state index is 13.1. The molecule has 2 amide bonds. The monoisotopic (exact) mass is 507 g/mol. The van der Waals surface area contributed by atoms with Crippen molar-refractivity contribution in [3.05, 3.63) is 52.5 Å². The lowest BCUT2D eigenvalue weighted by molar-refractivity contribution is -0.131. The zero-order chi connectivity index (χ0) is 22.2. The van der Waals surface area contributed by atoms with E-state index < -0.39 is 16.1 Å². The van der Waals surface area contributed by atoms with Crippen molar-refractivity contribution in [1.82, 2.24) is 9.21 Å². The zero-order valence-electron chi connectivity index (χ0n) is 16.9. The first kappa shape index (κ1) is 21.8. The van der Waals surface area contributed by atoms with E-state index in [0.29, 0.717) is 24.5 Å². The second-order valence-corrected chi connectivity index (χ2v) is 10.3. The fourth-order valence-corrected chi connectivity index (χ4v) is 5.47. The molecule has 2 aromatic carbocycles. The van der Waals surface area contributed by atoms with Crippen LogP contribution in [0, 0.1) is 0 Å². The molecule has 0 aliphatic carbocycles. The molecule has 0 bridgehead atoms. The average molecular weight is 508 g/mol. The van der Waals surface area contributed by atoms with E-state index in [2.05, 4.69) is 21.2 Å². The summed E-state index contributed by atoms with van der Waals surface area (Å²) in [6.07, 6.45) is -0.367. The Morgan fingerprint density at radius 2 is 1.87 bits per heavy atom. The van der Waals surface area contributed by atoms with E-state index in [1.165, 1.54) is 16.4 Å². The molecule has 2 aliphatic rings. The third-order valence-corrected chi connectivity index (χ3v) is 8.08. The highest BCUT2D eigenvalue weighted by Crippen LogP contribution is 2.33. The molecule has 2 heterocycles. The Bertz CT molecular complexity index is 1130. The van der Waals surface area contributed by atoms with Crippen molar-refractivity contribution in [1.29, 1.82) is 0 Å². The van der Waals surface area contributed by atoms with Gasteiger partial charge in [0.15, 0.2) is 6.10 Å². The van der Waals surface area contributed by atoms with Gasteiger partial charge in [0, 0.05) is 30.7 Å². The Hall–Kier alpha value is -2.43. The fourth-order valence-electron chi connectivity index (χ4n) is 3.59. The van der Waals surface area contributed by atoms with Crippen LogP contribution in [0.25, 0.3) is 0 Å². The first-order valence-electron chi connectivity index (χ1n) is 9.88. The van der Waals surface area contributed by atoms with Crippen molar-refractivity contribution in [2.45, 2.75) is 24.3 Å². The molecule has 31 heavy (non-hydrogen) atoms. The van der Waals surface area contributed by atoms with E-state index in [4.69, 9.17) is 4.74 Å². The molecule has 0 aromatic heterocycles. The first-order chi connectivity index (χ1) is 14.8. The number of amides is 2. The second-order valence-electron chi connectivity index (χ2n) is 7.46. The molecule has 10 heteroatoms. The number of benzene rings is 2. The summed E-state index contributed by atoms with van der Waals surface area (Å²) in [6.45, 7) is 2.69. The minimum absolute atomic E-state index is 0.0355. The molecule has 0 saturated carbocycles. The van der Waals surface area contributed by atoms with Crippen molar-refractivity contribution < 1.29 is 22.7 Å². The van der Waals surface area contributed by atoms with Gasteiger partial charge in [-0.3, -0.25) is 9.59 Å². The van der Waals surface area contributed by atoms with Crippen LogP contribution in [0.2, 0.25) is 0 Å². The van der Waals surface area contributed by atoms with E-state index in [1.54, 1.807) is 17.9 Å². The molecule has 1 saturated heterocycles. The summed E-state index contributed by atoms with van der Waals surface area (Å²) in [4.78, 5) is 26.3. The molecule has 1 fully saturated rings. The summed E-state index contributed by atoms with van der Waals surface area (Å²) < 4.78 is 33.9. The van der Waals surface area contributed by atoms with Gasteiger partial charge in [0.05, 0.1) is 17.0 Å². The topological polar surface area (TPSA) is 96.0 Å². The molecule has 164 valence electrons. The fraction of sp³-hybridized carbons (Fsp3) is 0.333. The van der Waals surface area contributed by atoms with Crippen molar-refractivity contribution in [2.24, 2.45) is 0 Å². The summed E-state index contributed by atoms with van der Waals surface area (Å²) in [6, 6.07) is 12.0. The number of sulfonamides is 1. The predicted molar refractivity (Wildman–Crippen MR) is 118 cm³/mol. The number of rotatable bonds is 4. The predicted octanol–water partition coefficient (Wildman–Crippen LogP) is 2.24. The van der Waals surface area contributed by atoms with Gasteiger partial charge in [0.1, 0.15) is 5.75 Å². The van der Waals surface area contributed by atoms with Gasteiger partial charge in [-0.2, -0.15) is 4.31 Å². The summed E-state index contributed by atoms with van der Waals surface area (Å²) in [7, 11) is -3.76. The minimum atomic E-state index is -3.76. The molecule has 1 unspecified atom stereocenters. The Morgan fingerprint density at radius 1 is 1.16 bits per heavy atom. The average Bonchev–Trinajstić information content (AvgIpc) is 2.76. The van der Waals surface area contributed by atoms with Crippen LogP contribution in [0.15, 0.2) is 51.8 Å². The SMILES string of the molecule is CC1Oc2ccc(S(=O)(=O)N3CCN(C(=O)Cc4ccccc4Br)CC3)cc2NC1=O. The van der Waals surface area contributed by atoms with Crippen molar-refractivity contribution in [2.75, 3.05) is 31.5 Å². The molecule has 4 rings (SSSR count). The molecule has 1 atom stereocenters. The minimum Gasteiger partial charge on any atom is -0.479 e. The van der Waals surface area contributed by atoms with Crippen LogP contribution in [-0.4, -0.2) is 61.7 Å². The first-order valence-corrected chi connectivity index (χ1v) is 12.1. The van der Waals surface area contributed by atoms with E-state index in [1.807, 2.05) is 24.3 Å². The van der Waals surface area contributed by atoms with Crippen LogP contribution in [0.4, 0.5) is 5.69 Å². The number of piperazine rings is 1. The maximum absolute atomic E-state index is 13.1. The third kappa shape index (κ3) is 4.46. The number of nitrogens with one attached hydrogen (secondary N) is 1. The molecular weight excluding hydrogens is 486 g/mol. The van der Waals surface area contributed by atoms with Crippen LogP contribution in [0.1, 0.15) is 12.5 Å². The lowest BCUT2D eigenvalue weighted by Gasteiger charge is -2.34. The Labute approximate surface area is 189 Å². The summed E-state index contributed by atoms with van der Waals surface area (Å²) in [5.41, 5.74) is 1.24. The second kappa shape index (κ2) is 8.60. The molecule has 2 aromatic rings. The smallest absolute Gasteiger partial charge is 0.265 e. The zero-order valence-corrected chi connectivity index (χ0v) is 19.3. The van der Waals surface area contributed by atoms with E-state index in [0.717, 1.165) is 10.0 Å². The van der Waals surface area contributed by atoms with Gasteiger partial charge in [-0.05, 0) is 36.8 Å². The van der Waals surface area contributed by atoms with Crippen LogP contribution in [0.5, 0.6) is 5.75 Å². The van der Waals surface area contributed by atoms with E-state index in [-0.39, 0.29) is 36.2 Å². The van der Waals surface area contributed by atoms with Crippen LogP contribution in [0.3, 0.4) is 0 Å². The largest absolute Gasteiger partial charge is 0.479 e. The molecule has 2 aliphatic heterocycles. The number of nitrogens with zero attached hydrogens (tertiary/aromatic N) is 2. The molecule has 0 radical (unpaired) electrons. The van der Waals surface area contributed by atoms with Gasteiger partial charge < -0.3 is 15.0 Å². The Morgan fingerprint density at radius 3 is 2.58 bits per heavy atom. The maximum Gasteiger partial charge on any atom is 0.265 e. The van der Waals surface area contributed by atoms with Crippen molar-refractivity contribution in [3.8, 4) is 5.75 Å². The number of ether oxygens (including phenoxy) is 1. The van der Waals surface area contributed by atoms with Gasteiger partial charge in [-0.15, -0.1) is 0 Å². The van der Waals surface area contributed by atoms with E-state index >= 15 is 0 Å². The highest BCUT2D eigenvalue weighted by atomic mass is 79.9. The quantitative estimate of drug-likeness (QED) is 0.684. The van der Waals surface area contributed by atoms with Crippen LogP contribution in [-0.2, 0) is 26.0 Å². The molecular formula is C21H22BrN3O5S. The summed E-state index contributed by atoms with van der Waals surface area (Å²) >= 11 is 3.45. The Kier molecular flexibility index (Phi) is 6.05. The lowest BCUT2D eigenvalue weighted by Crippen LogP contribution is -2.50. The number of anilines is 1. The Balaban J connectivity index is 1.42. The lowest BCUT2D eigenvalue weighted by atomic mass is 10.1. The highest BCUT2D eigenvalue weighted by molar-refractivity contribution is 9.10. The van der Waals surface area contributed by atoms with Crippen molar-refractivity contribution in [3.63, 3.8) is 0 Å². The molecule has 1 N–H and O–H groups in total. The number of halogens is 1. The summed E-state index contributed by atoms with van der Waals surface area (Å²) in [5.74, 6) is 0.0828. The number of carbonyl (C=O) groups is 2. The third-order valence-electron chi connectivity index (χ3n) is 5.41. The number of hydrogen-bond donors (Lipinski definition) is 1. The summed E-state index contributed by atoms with van der Waals surface area (Å²) in [5, 5.41) is 2.67. The molecule has 0 spiro atoms. The number of hydrogen-bond acceptors (Lipinski definition) is 5. The van der Waals surface area contributed by atoms with Gasteiger partial charge in [-0.1, -0.05) is 34.1 Å². The van der Waals surface area contributed by atoms with Crippen LogP contribution >= 0.6 is 15.9 Å². The molecule has 8 nitrogen and oxygen atoms in total. The number of carbonyl (C=O) groups excluding carboxylic acids is 2. The van der Waals surface area contributed by atoms with Gasteiger partial charge in [-0.25, -0.2) is 8.42 Å². The highest BCUT2D eigenvalue weighted by Gasteiger charge is 2.32.